The summed E-state index contributed by atoms with van der Waals surface area (Å²) in [4.78, 5) is 4.94. The van der Waals surface area contributed by atoms with Crippen molar-refractivity contribution in [3.05, 3.63) is 29.3 Å². The van der Waals surface area contributed by atoms with Gasteiger partial charge in [-0.2, -0.15) is 0 Å². The Labute approximate surface area is 127 Å². The molecular weight excluding hydrogens is 264 g/mol. The fourth-order valence-electron chi connectivity index (χ4n) is 3.39. The van der Waals surface area contributed by atoms with Crippen LogP contribution < -0.4 is 4.74 Å². The monoisotopic (exact) mass is 290 g/mol. The Bertz CT molecular complexity index is 466. The van der Waals surface area contributed by atoms with Crippen LogP contribution in [0.15, 0.2) is 18.2 Å². The predicted octanol–water partition coefficient (Wildman–Crippen LogP) is 1.51. The second kappa shape index (κ2) is 6.77. The van der Waals surface area contributed by atoms with Crippen molar-refractivity contribution in [2.24, 2.45) is 0 Å². The molecule has 21 heavy (non-hydrogen) atoms. The summed E-state index contributed by atoms with van der Waals surface area (Å²) in [6.45, 7) is 8.59. The molecule has 1 saturated heterocycles. The van der Waals surface area contributed by atoms with E-state index in [0.29, 0.717) is 6.04 Å². The number of aliphatic hydroxyl groups is 1. The number of ether oxygens (including phenoxy) is 1. The first-order valence-corrected chi connectivity index (χ1v) is 8.12. The van der Waals surface area contributed by atoms with Crippen molar-refractivity contribution >= 4 is 0 Å². The predicted molar refractivity (Wildman–Crippen MR) is 83.7 cm³/mol. The molecule has 1 N–H and O–H groups in total. The number of hydrogen-bond acceptors (Lipinski definition) is 4. The quantitative estimate of drug-likeness (QED) is 0.892. The van der Waals surface area contributed by atoms with E-state index in [1.54, 1.807) is 0 Å². The molecule has 0 radical (unpaired) electrons. The van der Waals surface area contributed by atoms with Crippen molar-refractivity contribution in [3.63, 3.8) is 0 Å². The van der Waals surface area contributed by atoms with Crippen molar-refractivity contribution in [1.82, 2.24) is 9.80 Å². The molecule has 1 atom stereocenters. The number of piperazine rings is 1. The van der Waals surface area contributed by atoms with Gasteiger partial charge in [0, 0.05) is 45.2 Å². The van der Waals surface area contributed by atoms with Crippen LogP contribution in [0.25, 0.3) is 0 Å². The summed E-state index contributed by atoms with van der Waals surface area (Å²) in [5, 5.41) is 9.40. The van der Waals surface area contributed by atoms with Crippen molar-refractivity contribution in [1.29, 1.82) is 0 Å². The molecule has 0 aliphatic carbocycles. The van der Waals surface area contributed by atoms with Gasteiger partial charge in [-0.05, 0) is 23.6 Å². The van der Waals surface area contributed by atoms with Gasteiger partial charge in [-0.1, -0.05) is 19.1 Å². The van der Waals surface area contributed by atoms with Gasteiger partial charge in [-0.25, -0.2) is 0 Å². The summed E-state index contributed by atoms with van der Waals surface area (Å²) < 4.78 is 5.56. The van der Waals surface area contributed by atoms with E-state index in [9.17, 15) is 5.11 Å². The highest BCUT2D eigenvalue weighted by molar-refractivity contribution is 5.39. The van der Waals surface area contributed by atoms with Crippen molar-refractivity contribution in [2.45, 2.75) is 32.4 Å². The Kier molecular flexibility index (Phi) is 4.78. The van der Waals surface area contributed by atoms with E-state index in [-0.39, 0.29) is 6.61 Å². The maximum Gasteiger partial charge on any atom is 0.122 e. The van der Waals surface area contributed by atoms with Crippen LogP contribution in [0.1, 0.15) is 24.5 Å². The second-order valence-corrected chi connectivity index (χ2v) is 6.10. The van der Waals surface area contributed by atoms with E-state index >= 15 is 0 Å². The number of aliphatic hydroxyl groups excluding tert-OH is 1. The molecule has 0 bridgehead atoms. The molecule has 4 heteroatoms. The molecule has 4 nitrogen and oxygen atoms in total. The van der Waals surface area contributed by atoms with Crippen molar-refractivity contribution in [3.8, 4) is 5.75 Å². The van der Waals surface area contributed by atoms with E-state index in [4.69, 9.17) is 4.74 Å². The lowest BCUT2D eigenvalue weighted by Crippen LogP contribution is -2.50. The average molecular weight is 290 g/mol. The maximum atomic E-state index is 9.40. The molecule has 3 rings (SSSR count). The lowest BCUT2D eigenvalue weighted by Gasteiger charge is -2.38. The maximum absolute atomic E-state index is 9.40. The van der Waals surface area contributed by atoms with Crippen LogP contribution >= 0.6 is 0 Å². The minimum atomic E-state index is 0.279. The van der Waals surface area contributed by atoms with E-state index in [0.717, 1.165) is 57.9 Å². The van der Waals surface area contributed by atoms with E-state index < -0.39 is 0 Å². The van der Waals surface area contributed by atoms with Gasteiger partial charge in [0.25, 0.3) is 0 Å². The van der Waals surface area contributed by atoms with E-state index in [1.807, 2.05) is 0 Å². The largest absolute Gasteiger partial charge is 0.493 e. The minimum Gasteiger partial charge on any atom is -0.493 e. The lowest BCUT2D eigenvalue weighted by atomic mass is 10.1. The molecular formula is C17H26N2O2. The number of rotatable bonds is 5. The Morgan fingerprint density at radius 2 is 2.05 bits per heavy atom. The van der Waals surface area contributed by atoms with Crippen LogP contribution in [0.2, 0.25) is 0 Å². The van der Waals surface area contributed by atoms with Gasteiger partial charge in [0.15, 0.2) is 0 Å². The van der Waals surface area contributed by atoms with Crippen LogP contribution in [0.5, 0.6) is 5.75 Å². The van der Waals surface area contributed by atoms with Crippen molar-refractivity contribution < 1.29 is 9.84 Å². The van der Waals surface area contributed by atoms with Crippen LogP contribution in [0.3, 0.4) is 0 Å². The molecule has 1 aromatic rings. The van der Waals surface area contributed by atoms with Crippen LogP contribution in [0.4, 0.5) is 0 Å². The smallest absolute Gasteiger partial charge is 0.122 e. The number of benzene rings is 1. The topological polar surface area (TPSA) is 35.9 Å². The highest BCUT2D eigenvalue weighted by atomic mass is 16.5. The van der Waals surface area contributed by atoms with E-state index in [1.165, 1.54) is 11.1 Å². The molecule has 0 amide bonds. The fourth-order valence-corrected chi connectivity index (χ4v) is 3.39. The summed E-state index contributed by atoms with van der Waals surface area (Å²) in [5.74, 6) is 1.07. The molecule has 2 aliphatic heterocycles. The third kappa shape index (κ3) is 3.39. The van der Waals surface area contributed by atoms with Crippen LogP contribution in [-0.4, -0.2) is 60.3 Å². The average Bonchev–Trinajstić information content (AvgIpc) is 2.98. The summed E-state index contributed by atoms with van der Waals surface area (Å²) in [7, 11) is 0. The van der Waals surface area contributed by atoms with Crippen molar-refractivity contribution in [2.75, 3.05) is 39.4 Å². The van der Waals surface area contributed by atoms with Crippen LogP contribution in [0, 0.1) is 0 Å². The zero-order valence-corrected chi connectivity index (χ0v) is 12.9. The van der Waals surface area contributed by atoms with Gasteiger partial charge in [0.05, 0.1) is 13.2 Å². The first-order chi connectivity index (χ1) is 10.3. The zero-order valence-electron chi connectivity index (χ0n) is 12.9. The Morgan fingerprint density at radius 1 is 1.24 bits per heavy atom. The summed E-state index contributed by atoms with van der Waals surface area (Å²) >= 11 is 0. The fraction of sp³-hybridized carbons (Fsp3) is 0.647. The van der Waals surface area contributed by atoms with Gasteiger partial charge >= 0.3 is 0 Å². The summed E-state index contributed by atoms with van der Waals surface area (Å²) in [5.41, 5.74) is 2.75. The zero-order chi connectivity index (χ0) is 14.7. The van der Waals surface area contributed by atoms with Gasteiger partial charge in [-0.15, -0.1) is 0 Å². The molecule has 1 unspecified atom stereocenters. The Balaban J connectivity index is 1.53. The highest BCUT2D eigenvalue weighted by Gasteiger charge is 2.22. The van der Waals surface area contributed by atoms with Gasteiger partial charge in [0.2, 0.25) is 0 Å². The first kappa shape index (κ1) is 14.8. The molecule has 0 saturated carbocycles. The van der Waals surface area contributed by atoms with Crippen LogP contribution in [-0.2, 0) is 13.0 Å². The van der Waals surface area contributed by atoms with Gasteiger partial charge < -0.3 is 9.84 Å². The van der Waals surface area contributed by atoms with Gasteiger partial charge in [0.1, 0.15) is 5.75 Å². The third-order valence-corrected chi connectivity index (χ3v) is 4.77. The first-order valence-electron chi connectivity index (χ1n) is 8.12. The number of nitrogens with zero attached hydrogens (tertiary/aromatic N) is 2. The minimum absolute atomic E-state index is 0.279. The van der Waals surface area contributed by atoms with Gasteiger partial charge in [-0.3, -0.25) is 9.80 Å². The normalized spacial score (nSPS) is 21.0. The summed E-state index contributed by atoms with van der Waals surface area (Å²) in [6, 6.07) is 6.95. The second-order valence-electron chi connectivity index (χ2n) is 6.10. The molecule has 116 valence electrons. The molecule has 1 aromatic carbocycles. The number of hydrogen-bond donors (Lipinski definition) is 1. The molecule has 0 aromatic heterocycles. The lowest BCUT2D eigenvalue weighted by molar-refractivity contribution is 0.0608. The SMILES string of the molecule is CCC(CO)N1CCN(Cc2ccc3c(c2)CCO3)CC1. The molecule has 2 aliphatic rings. The van der Waals surface area contributed by atoms with E-state index in [2.05, 4.69) is 34.9 Å². The molecule has 0 spiro atoms. The standard InChI is InChI=1S/C17H26N2O2/c1-2-16(13-20)19-8-6-18(7-9-19)12-14-3-4-17-15(11-14)5-10-21-17/h3-4,11,16,20H,2,5-10,12-13H2,1H3. The molecule has 1 fully saturated rings. The third-order valence-electron chi connectivity index (χ3n) is 4.77. The molecule has 2 heterocycles. The number of fused-ring (bicyclic) bond motifs is 1. The Hall–Kier alpha value is -1.10. The summed E-state index contributed by atoms with van der Waals surface area (Å²) in [6.07, 6.45) is 2.08. The Morgan fingerprint density at radius 3 is 2.76 bits per heavy atom. The highest BCUT2D eigenvalue weighted by Crippen LogP contribution is 2.26.